The number of hydrogen-bond acceptors (Lipinski definition) is 2. The molecule has 1 saturated heterocycles. The summed E-state index contributed by atoms with van der Waals surface area (Å²) in [6, 6.07) is 4.19. The number of carboxylic acids is 1. The van der Waals surface area contributed by atoms with E-state index in [1.807, 2.05) is 0 Å². The summed E-state index contributed by atoms with van der Waals surface area (Å²) in [6.07, 6.45) is -3.54. The standard InChI is InChI=1S/C16H18F3NO3/c1-10-13(15(22)23)6-3-7-20(10)14(21)9-11-4-2-5-12(8-11)16(17,18)19/h2,4-5,8,10,13H,3,6-7,9H2,1H3,(H,22,23)/t10-,13-/m1/s1. The Morgan fingerprint density at radius 1 is 1.35 bits per heavy atom. The second-order valence-electron chi connectivity index (χ2n) is 5.79. The van der Waals surface area contributed by atoms with Crippen molar-refractivity contribution in [2.45, 2.75) is 38.4 Å². The van der Waals surface area contributed by atoms with Crippen LogP contribution in [0.5, 0.6) is 0 Å². The normalized spacial score (nSPS) is 22.0. The number of carbonyl (C=O) groups is 2. The van der Waals surface area contributed by atoms with Crippen LogP contribution in [0.15, 0.2) is 24.3 Å². The Hall–Kier alpha value is -2.05. The molecule has 0 unspecified atom stereocenters. The zero-order chi connectivity index (χ0) is 17.2. The quantitative estimate of drug-likeness (QED) is 0.927. The largest absolute Gasteiger partial charge is 0.481 e. The third-order valence-electron chi connectivity index (χ3n) is 4.24. The Bertz CT molecular complexity index is 600. The summed E-state index contributed by atoms with van der Waals surface area (Å²) in [4.78, 5) is 25.0. The van der Waals surface area contributed by atoms with Crippen LogP contribution in [-0.2, 0) is 22.2 Å². The molecule has 1 aliphatic rings. The van der Waals surface area contributed by atoms with Crippen LogP contribution in [0.4, 0.5) is 13.2 Å². The number of hydrogen-bond donors (Lipinski definition) is 1. The molecule has 2 rings (SSSR count). The number of rotatable bonds is 3. The predicted molar refractivity (Wildman–Crippen MR) is 76.7 cm³/mol. The Morgan fingerprint density at radius 2 is 2.04 bits per heavy atom. The molecule has 0 aliphatic carbocycles. The molecular formula is C16H18F3NO3. The number of carboxylic acid groups (broad SMARTS) is 1. The molecule has 7 heteroatoms. The maximum Gasteiger partial charge on any atom is 0.416 e. The summed E-state index contributed by atoms with van der Waals surface area (Å²) >= 11 is 0. The molecule has 1 aromatic carbocycles. The number of carbonyl (C=O) groups excluding carboxylic acids is 1. The van der Waals surface area contributed by atoms with Crippen LogP contribution < -0.4 is 0 Å². The minimum absolute atomic E-state index is 0.166. The highest BCUT2D eigenvalue weighted by Gasteiger charge is 2.35. The first kappa shape index (κ1) is 17.3. The van der Waals surface area contributed by atoms with Crippen molar-refractivity contribution in [3.63, 3.8) is 0 Å². The Labute approximate surface area is 131 Å². The molecule has 0 radical (unpaired) electrons. The fourth-order valence-corrected chi connectivity index (χ4v) is 2.96. The van der Waals surface area contributed by atoms with Gasteiger partial charge in [-0.25, -0.2) is 0 Å². The number of piperidine rings is 1. The zero-order valence-electron chi connectivity index (χ0n) is 12.6. The fourth-order valence-electron chi connectivity index (χ4n) is 2.96. The molecule has 2 atom stereocenters. The lowest BCUT2D eigenvalue weighted by molar-refractivity contribution is -0.149. The van der Waals surface area contributed by atoms with Gasteiger partial charge in [-0.1, -0.05) is 18.2 Å². The van der Waals surface area contributed by atoms with E-state index in [0.29, 0.717) is 19.4 Å². The SMILES string of the molecule is C[C@@H]1[C@H](C(=O)O)CCCN1C(=O)Cc1cccc(C(F)(F)F)c1. The number of amides is 1. The third kappa shape index (κ3) is 4.03. The van der Waals surface area contributed by atoms with Gasteiger partial charge in [0.2, 0.25) is 5.91 Å². The van der Waals surface area contributed by atoms with E-state index in [1.165, 1.54) is 17.0 Å². The highest BCUT2D eigenvalue weighted by atomic mass is 19.4. The van der Waals surface area contributed by atoms with Gasteiger partial charge >= 0.3 is 12.1 Å². The molecule has 0 bridgehead atoms. The van der Waals surface area contributed by atoms with Gasteiger partial charge in [-0.3, -0.25) is 9.59 Å². The smallest absolute Gasteiger partial charge is 0.416 e. The summed E-state index contributed by atoms with van der Waals surface area (Å²) in [5, 5.41) is 9.16. The maximum atomic E-state index is 12.7. The van der Waals surface area contributed by atoms with Crippen LogP contribution >= 0.6 is 0 Å². The number of benzene rings is 1. The zero-order valence-corrected chi connectivity index (χ0v) is 12.6. The number of aliphatic carboxylic acids is 1. The van der Waals surface area contributed by atoms with E-state index in [0.717, 1.165) is 12.1 Å². The molecule has 1 amide bonds. The maximum absolute atomic E-state index is 12.7. The summed E-state index contributed by atoms with van der Waals surface area (Å²) in [7, 11) is 0. The average molecular weight is 329 g/mol. The van der Waals surface area contributed by atoms with Gasteiger partial charge < -0.3 is 10.0 Å². The first-order chi connectivity index (χ1) is 10.7. The van der Waals surface area contributed by atoms with Crippen LogP contribution in [0.25, 0.3) is 0 Å². The van der Waals surface area contributed by atoms with Crippen molar-refractivity contribution in [2.75, 3.05) is 6.54 Å². The van der Waals surface area contributed by atoms with E-state index >= 15 is 0 Å². The van der Waals surface area contributed by atoms with Gasteiger partial charge in [0.05, 0.1) is 17.9 Å². The van der Waals surface area contributed by atoms with E-state index in [2.05, 4.69) is 0 Å². The summed E-state index contributed by atoms with van der Waals surface area (Å²) in [5.41, 5.74) is -0.521. The molecule has 1 aromatic rings. The highest BCUT2D eigenvalue weighted by molar-refractivity contribution is 5.80. The molecular weight excluding hydrogens is 311 g/mol. The van der Waals surface area contributed by atoms with Crippen LogP contribution in [0.3, 0.4) is 0 Å². The van der Waals surface area contributed by atoms with Gasteiger partial charge in [0.25, 0.3) is 0 Å². The molecule has 4 nitrogen and oxygen atoms in total. The monoisotopic (exact) mass is 329 g/mol. The summed E-state index contributed by atoms with van der Waals surface area (Å²) in [6.45, 7) is 2.10. The number of nitrogens with zero attached hydrogens (tertiary/aromatic N) is 1. The number of likely N-dealkylation sites (tertiary alicyclic amines) is 1. The van der Waals surface area contributed by atoms with Crippen molar-refractivity contribution in [3.05, 3.63) is 35.4 Å². The number of halogens is 3. The molecule has 1 N–H and O–H groups in total. The molecule has 1 aliphatic heterocycles. The van der Waals surface area contributed by atoms with Crippen molar-refractivity contribution in [1.82, 2.24) is 4.90 Å². The molecule has 1 heterocycles. The van der Waals surface area contributed by atoms with Crippen molar-refractivity contribution < 1.29 is 27.9 Å². The second-order valence-corrected chi connectivity index (χ2v) is 5.79. The molecule has 0 aromatic heterocycles. The first-order valence-electron chi connectivity index (χ1n) is 7.38. The van der Waals surface area contributed by atoms with Crippen LogP contribution in [0, 0.1) is 5.92 Å². The van der Waals surface area contributed by atoms with Crippen LogP contribution in [0.2, 0.25) is 0 Å². The highest BCUT2D eigenvalue weighted by Crippen LogP contribution is 2.30. The Kier molecular flexibility index (Phi) is 4.97. The predicted octanol–water partition coefficient (Wildman–Crippen LogP) is 2.96. The minimum Gasteiger partial charge on any atom is -0.481 e. The average Bonchev–Trinajstić information content (AvgIpc) is 2.46. The van der Waals surface area contributed by atoms with Crippen molar-refractivity contribution in [3.8, 4) is 0 Å². The van der Waals surface area contributed by atoms with Crippen LogP contribution in [0.1, 0.15) is 30.9 Å². The molecule has 126 valence electrons. The topological polar surface area (TPSA) is 57.6 Å². The van der Waals surface area contributed by atoms with E-state index in [1.54, 1.807) is 6.92 Å². The molecule has 0 spiro atoms. The van der Waals surface area contributed by atoms with E-state index < -0.39 is 29.7 Å². The van der Waals surface area contributed by atoms with Gasteiger partial charge in [-0.05, 0) is 31.4 Å². The first-order valence-corrected chi connectivity index (χ1v) is 7.38. The molecule has 0 saturated carbocycles. The van der Waals surface area contributed by atoms with E-state index in [9.17, 15) is 22.8 Å². The lowest BCUT2D eigenvalue weighted by atomic mass is 9.90. The lowest BCUT2D eigenvalue weighted by Crippen LogP contribution is -2.49. The second kappa shape index (κ2) is 6.60. The Morgan fingerprint density at radius 3 is 2.65 bits per heavy atom. The Balaban J connectivity index is 2.11. The van der Waals surface area contributed by atoms with E-state index in [4.69, 9.17) is 5.11 Å². The van der Waals surface area contributed by atoms with Gasteiger partial charge in [-0.15, -0.1) is 0 Å². The van der Waals surface area contributed by atoms with Gasteiger partial charge in [0, 0.05) is 12.6 Å². The van der Waals surface area contributed by atoms with Crippen molar-refractivity contribution >= 4 is 11.9 Å². The fraction of sp³-hybridized carbons (Fsp3) is 0.500. The third-order valence-corrected chi connectivity index (χ3v) is 4.24. The van der Waals surface area contributed by atoms with Gasteiger partial charge in [-0.2, -0.15) is 13.2 Å². The summed E-state index contributed by atoms with van der Waals surface area (Å²) < 4.78 is 38.1. The summed E-state index contributed by atoms with van der Waals surface area (Å²) in [5.74, 6) is -1.92. The van der Waals surface area contributed by atoms with Gasteiger partial charge in [0.15, 0.2) is 0 Å². The minimum atomic E-state index is -4.45. The molecule has 23 heavy (non-hydrogen) atoms. The van der Waals surface area contributed by atoms with Crippen molar-refractivity contribution in [2.24, 2.45) is 5.92 Å². The molecule has 1 fully saturated rings. The van der Waals surface area contributed by atoms with Gasteiger partial charge in [0.1, 0.15) is 0 Å². The van der Waals surface area contributed by atoms with E-state index in [-0.39, 0.29) is 17.9 Å². The van der Waals surface area contributed by atoms with Crippen molar-refractivity contribution in [1.29, 1.82) is 0 Å². The lowest BCUT2D eigenvalue weighted by Gasteiger charge is -2.37. The number of alkyl halides is 3. The van der Waals surface area contributed by atoms with Crippen LogP contribution in [-0.4, -0.2) is 34.5 Å².